The number of H-pyrrole nitrogens is 1. The van der Waals surface area contributed by atoms with Gasteiger partial charge in [-0.05, 0) is 24.3 Å². The van der Waals surface area contributed by atoms with Crippen LogP contribution in [0.4, 0.5) is 0 Å². The summed E-state index contributed by atoms with van der Waals surface area (Å²) in [7, 11) is 0. The fraction of sp³-hybridized carbons (Fsp3) is 0. The maximum atomic E-state index is 4.47. The average molecular weight is 196 g/mol. The van der Waals surface area contributed by atoms with Gasteiger partial charge in [-0.25, -0.2) is 4.98 Å². The van der Waals surface area contributed by atoms with Crippen molar-refractivity contribution in [3.05, 3.63) is 42.9 Å². The average Bonchev–Trinajstić information content (AvgIpc) is 2.77. The molecule has 3 aromatic rings. The van der Waals surface area contributed by atoms with Gasteiger partial charge in [0, 0.05) is 18.0 Å². The Kier molecular flexibility index (Phi) is 1.71. The van der Waals surface area contributed by atoms with E-state index in [4.69, 9.17) is 0 Å². The second-order valence-corrected chi connectivity index (χ2v) is 3.24. The molecule has 0 saturated heterocycles. The molecule has 0 aliphatic rings. The molecule has 0 aliphatic heterocycles. The largest absolute Gasteiger partial charge is 0.276 e. The van der Waals surface area contributed by atoms with Crippen molar-refractivity contribution in [3.63, 3.8) is 0 Å². The van der Waals surface area contributed by atoms with Crippen molar-refractivity contribution < 1.29 is 0 Å². The third kappa shape index (κ3) is 1.36. The van der Waals surface area contributed by atoms with E-state index in [-0.39, 0.29) is 0 Å². The number of hydrogen-bond acceptors (Lipinski definition) is 3. The van der Waals surface area contributed by atoms with Crippen LogP contribution in [-0.2, 0) is 0 Å². The van der Waals surface area contributed by atoms with E-state index in [0.717, 1.165) is 22.3 Å². The van der Waals surface area contributed by atoms with E-state index in [1.807, 2.05) is 24.3 Å². The van der Waals surface area contributed by atoms with Crippen LogP contribution in [0.2, 0.25) is 0 Å². The van der Waals surface area contributed by atoms with Crippen LogP contribution in [-0.4, -0.2) is 20.2 Å². The summed E-state index contributed by atoms with van der Waals surface area (Å²) >= 11 is 0. The molecule has 0 aliphatic carbocycles. The second kappa shape index (κ2) is 3.16. The van der Waals surface area contributed by atoms with Crippen molar-refractivity contribution in [2.75, 3.05) is 0 Å². The summed E-state index contributed by atoms with van der Waals surface area (Å²) in [5.74, 6) is 0. The van der Waals surface area contributed by atoms with E-state index in [0.29, 0.717) is 0 Å². The lowest BCUT2D eigenvalue weighted by atomic mass is 10.2. The second-order valence-electron chi connectivity index (χ2n) is 3.24. The highest BCUT2D eigenvalue weighted by atomic mass is 15.1. The summed E-state index contributed by atoms with van der Waals surface area (Å²) in [6.07, 6.45) is 5.27. The summed E-state index contributed by atoms with van der Waals surface area (Å²) < 4.78 is 0. The number of pyridine rings is 2. The van der Waals surface area contributed by atoms with E-state index >= 15 is 0 Å². The molecule has 72 valence electrons. The number of nitrogens with one attached hydrogen (secondary N) is 1. The Morgan fingerprint density at radius 2 is 2.07 bits per heavy atom. The highest BCUT2D eigenvalue weighted by Crippen LogP contribution is 2.18. The molecule has 4 heteroatoms. The Morgan fingerprint density at radius 1 is 1.07 bits per heavy atom. The molecule has 0 fully saturated rings. The molecule has 0 spiro atoms. The van der Waals surface area contributed by atoms with Crippen molar-refractivity contribution in [2.24, 2.45) is 0 Å². The Labute approximate surface area is 86.0 Å². The Balaban J connectivity index is 2.19. The maximum Gasteiger partial charge on any atom is 0.109 e. The van der Waals surface area contributed by atoms with Crippen molar-refractivity contribution in [2.45, 2.75) is 0 Å². The van der Waals surface area contributed by atoms with Gasteiger partial charge < -0.3 is 0 Å². The monoisotopic (exact) mass is 196 g/mol. The molecule has 0 amide bonds. The quantitative estimate of drug-likeness (QED) is 0.647. The van der Waals surface area contributed by atoms with Gasteiger partial charge in [-0.15, -0.1) is 0 Å². The highest BCUT2D eigenvalue weighted by molar-refractivity contribution is 5.77. The van der Waals surface area contributed by atoms with Gasteiger partial charge in [0.1, 0.15) is 5.52 Å². The van der Waals surface area contributed by atoms with E-state index in [1.165, 1.54) is 0 Å². The number of rotatable bonds is 1. The fourth-order valence-electron chi connectivity index (χ4n) is 1.51. The van der Waals surface area contributed by atoms with Crippen molar-refractivity contribution in [3.8, 4) is 11.3 Å². The van der Waals surface area contributed by atoms with Gasteiger partial charge in [-0.1, -0.05) is 0 Å². The number of hydrogen-bond donors (Lipinski definition) is 1. The molecule has 0 unspecified atom stereocenters. The predicted octanol–water partition coefficient (Wildman–Crippen LogP) is 2.02. The summed E-state index contributed by atoms with van der Waals surface area (Å²) in [5, 5.41) is 6.80. The lowest BCUT2D eigenvalue weighted by Crippen LogP contribution is -1.83. The number of nitrogens with zero attached hydrogens (tertiary/aromatic N) is 3. The van der Waals surface area contributed by atoms with Crippen LogP contribution in [0.15, 0.2) is 42.9 Å². The van der Waals surface area contributed by atoms with E-state index < -0.39 is 0 Å². The minimum atomic E-state index is 0.872. The van der Waals surface area contributed by atoms with Crippen molar-refractivity contribution >= 4 is 11.0 Å². The molecular formula is C11H8N4. The van der Waals surface area contributed by atoms with Crippen LogP contribution >= 0.6 is 0 Å². The molecule has 15 heavy (non-hydrogen) atoms. The summed E-state index contributed by atoms with van der Waals surface area (Å²) in [6, 6.07) is 7.81. The Bertz CT molecular complexity index is 586. The van der Waals surface area contributed by atoms with Crippen molar-refractivity contribution in [1.29, 1.82) is 0 Å². The lowest BCUT2D eigenvalue weighted by molar-refractivity contribution is 1.12. The smallest absolute Gasteiger partial charge is 0.109 e. The normalized spacial score (nSPS) is 10.7. The van der Waals surface area contributed by atoms with Gasteiger partial charge in [0.25, 0.3) is 0 Å². The summed E-state index contributed by atoms with van der Waals surface area (Å²) in [5.41, 5.74) is 3.75. The van der Waals surface area contributed by atoms with Gasteiger partial charge in [-0.2, -0.15) is 5.10 Å². The summed E-state index contributed by atoms with van der Waals surface area (Å²) in [6.45, 7) is 0. The predicted molar refractivity (Wildman–Crippen MR) is 57.1 cm³/mol. The van der Waals surface area contributed by atoms with Gasteiger partial charge in [0.15, 0.2) is 0 Å². The molecular weight excluding hydrogens is 188 g/mol. The van der Waals surface area contributed by atoms with Crippen LogP contribution in [0.1, 0.15) is 0 Å². The number of aromatic nitrogens is 4. The summed E-state index contributed by atoms with van der Waals surface area (Å²) in [4.78, 5) is 8.54. The molecule has 0 radical (unpaired) electrons. The topological polar surface area (TPSA) is 54.5 Å². The first-order valence-electron chi connectivity index (χ1n) is 4.64. The lowest BCUT2D eigenvalue weighted by Gasteiger charge is -1.98. The zero-order valence-electron chi connectivity index (χ0n) is 7.88. The highest BCUT2D eigenvalue weighted by Gasteiger charge is 2.01. The van der Waals surface area contributed by atoms with Gasteiger partial charge in [0.05, 0.1) is 17.4 Å². The van der Waals surface area contributed by atoms with Crippen LogP contribution in [0.25, 0.3) is 22.3 Å². The standard InChI is InChI=1S/C11H8N4/c1-2-8(6-12-5-1)9-3-4-10-11(14-9)7-13-15-10/h1-7H,(H,13,15). The first-order valence-corrected chi connectivity index (χ1v) is 4.64. The molecule has 3 aromatic heterocycles. The Hall–Kier alpha value is -2.23. The molecule has 0 aromatic carbocycles. The van der Waals surface area contributed by atoms with Crippen LogP contribution < -0.4 is 0 Å². The van der Waals surface area contributed by atoms with Gasteiger partial charge >= 0.3 is 0 Å². The SMILES string of the molecule is c1cncc(-c2ccc3[nH]ncc3n2)c1. The van der Waals surface area contributed by atoms with Crippen LogP contribution in [0, 0.1) is 0 Å². The van der Waals surface area contributed by atoms with Crippen LogP contribution in [0.5, 0.6) is 0 Å². The van der Waals surface area contributed by atoms with E-state index in [9.17, 15) is 0 Å². The zero-order valence-corrected chi connectivity index (χ0v) is 7.88. The first kappa shape index (κ1) is 8.11. The van der Waals surface area contributed by atoms with E-state index in [1.54, 1.807) is 18.6 Å². The third-order valence-corrected chi connectivity index (χ3v) is 2.25. The fourth-order valence-corrected chi connectivity index (χ4v) is 1.51. The molecule has 3 heterocycles. The number of fused-ring (bicyclic) bond motifs is 1. The molecule has 1 N–H and O–H groups in total. The number of aromatic amines is 1. The maximum absolute atomic E-state index is 4.47. The Morgan fingerprint density at radius 3 is 2.93 bits per heavy atom. The van der Waals surface area contributed by atoms with Gasteiger partial charge in [-0.3, -0.25) is 10.1 Å². The minimum Gasteiger partial charge on any atom is -0.276 e. The molecule has 0 bridgehead atoms. The van der Waals surface area contributed by atoms with E-state index in [2.05, 4.69) is 20.2 Å². The first-order chi connectivity index (χ1) is 7.43. The molecule has 3 rings (SSSR count). The third-order valence-electron chi connectivity index (χ3n) is 2.25. The molecule has 0 atom stereocenters. The van der Waals surface area contributed by atoms with Gasteiger partial charge in [0.2, 0.25) is 0 Å². The van der Waals surface area contributed by atoms with Crippen LogP contribution in [0.3, 0.4) is 0 Å². The molecule has 4 nitrogen and oxygen atoms in total. The molecule has 0 saturated carbocycles. The van der Waals surface area contributed by atoms with Crippen molar-refractivity contribution in [1.82, 2.24) is 20.2 Å². The zero-order chi connectivity index (χ0) is 10.1. The minimum absolute atomic E-state index is 0.872.